The van der Waals surface area contributed by atoms with Crippen LogP contribution in [0.25, 0.3) is 0 Å². The Morgan fingerprint density at radius 2 is 1.93 bits per heavy atom. The fourth-order valence-corrected chi connectivity index (χ4v) is 2.92. The van der Waals surface area contributed by atoms with Gasteiger partial charge in [0.1, 0.15) is 12.4 Å². The zero-order chi connectivity index (χ0) is 19.2. The number of hydrogen-bond donors (Lipinski definition) is 2. The van der Waals surface area contributed by atoms with Gasteiger partial charge in [0, 0.05) is 22.9 Å². The van der Waals surface area contributed by atoms with E-state index < -0.39 is 0 Å². The van der Waals surface area contributed by atoms with Crippen molar-refractivity contribution in [3.8, 4) is 5.75 Å². The first-order valence-electron chi connectivity index (χ1n) is 8.42. The lowest BCUT2D eigenvalue weighted by atomic mass is 10.1. The van der Waals surface area contributed by atoms with Gasteiger partial charge in [0.15, 0.2) is 0 Å². The first-order valence-corrected chi connectivity index (χ1v) is 9.21. The van der Waals surface area contributed by atoms with Crippen molar-refractivity contribution in [3.63, 3.8) is 0 Å². The summed E-state index contributed by atoms with van der Waals surface area (Å²) in [6.07, 6.45) is 0.365. The lowest BCUT2D eigenvalue weighted by molar-refractivity contribution is -0.130. The molecule has 0 saturated carbocycles. The van der Waals surface area contributed by atoms with Gasteiger partial charge in [0.05, 0.1) is 12.2 Å². The predicted octanol–water partition coefficient (Wildman–Crippen LogP) is 2.42. The number of carbonyl (C=O) groups excluding carboxylic acids is 3. The van der Waals surface area contributed by atoms with Gasteiger partial charge >= 0.3 is 0 Å². The molecule has 1 aliphatic heterocycles. The summed E-state index contributed by atoms with van der Waals surface area (Å²) in [6, 6.07) is 13.9. The summed E-state index contributed by atoms with van der Waals surface area (Å²) in [5.41, 5.74) is 3.49. The first kappa shape index (κ1) is 18.9. The van der Waals surface area contributed by atoms with Crippen LogP contribution in [-0.2, 0) is 9.59 Å². The molecule has 7 nitrogen and oxygen atoms in total. The van der Waals surface area contributed by atoms with Crippen molar-refractivity contribution in [2.45, 2.75) is 12.8 Å². The Morgan fingerprint density at radius 3 is 2.67 bits per heavy atom. The molecule has 1 aliphatic rings. The third-order valence-corrected chi connectivity index (χ3v) is 4.39. The molecule has 8 heteroatoms. The van der Waals surface area contributed by atoms with E-state index in [4.69, 9.17) is 4.74 Å². The Labute approximate surface area is 164 Å². The van der Waals surface area contributed by atoms with Gasteiger partial charge in [-0.1, -0.05) is 22.0 Å². The number of ether oxygens (including phenoxy) is 1. The zero-order valence-corrected chi connectivity index (χ0v) is 16.0. The molecule has 0 spiro atoms. The average molecular weight is 432 g/mol. The number of nitrogens with zero attached hydrogens (tertiary/aromatic N) is 1. The highest BCUT2D eigenvalue weighted by Gasteiger charge is 2.24. The minimum Gasteiger partial charge on any atom is -0.492 e. The topological polar surface area (TPSA) is 87.7 Å². The molecule has 27 heavy (non-hydrogen) atoms. The molecule has 2 aromatic carbocycles. The van der Waals surface area contributed by atoms with Crippen LogP contribution in [0.3, 0.4) is 0 Å². The summed E-state index contributed by atoms with van der Waals surface area (Å²) < 4.78 is 6.49. The molecule has 1 saturated heterocycles. The number of nitrogens with one attached hydrogen (secondary N) is 2. The second-order valence-electron chi connectivity index (χ2n) is 5.87. The summed E-state index contributed by atoms with van der Waals surface area (Å²) >= 11 is 3.37. The van der Waals surface area contributed by atoms with E-state index in [0.29, 0.717) is 24.4 Å². The lowest BCUT2D eigenvalue weighted by Gasteiger charge is -2.27. The van der Waals surface area contributed by atoms with Gasteiger partial charge in [-0.15, -0.1) is 0 Å². The highest BCUT2D eigenvalue weighted by Crippen LogP contribution is 2.18. The maximum absolute atomic E-state index is 12.2. The van der Waals surface area contributed by atoms with Crippen LogP contribution in [0.2, 0.25) is 0 Å². The van der Waals surface area contributed by atoms with Gasteiger partial charge in [0.25, 0.3) is 5.91 Å². The van der Waals surface area contributed by atoms with Crippen molar-refractivity contribution in [2.75, 3.05) is 18.2 Å². The van der Waals surface area contributed by atoms with Gasteiger partial charge in [-0.3, -0.25) is 19.8 Å². The maximum Gasteiger partial charge on any atom is 0.251 e. The van der Waals surface area contributed by atoms with E-state index in [1.807, 2.05) is 24.3 Å². The highest BCUT2D eigenvalue weighted by molar-refractivity contribution is 9.10. The Morgan fingerprint density at radius 1 is 1.15 bits per heavy atom. The normalized spacial score (nSPS) is 13.9. The lowest BCUT2D eigenvalue weighted by Crippen LogP contribution is -2.50. The van der Waals surface area contributed by atoms with Gasteiger partial charge in [0.2, 0.25) is 11.8 Å². The number of hydrazine groups is 1. The number of carbonyl (C=O) groups is 3. The van der Waals surface area contributed by atoms with Gasteiger partial charge in [-0.2, -0.15) is 0 Å². The molecule has 3 rings (SSSR count). The molecule has 0 unspecified atom stereocenters. The highest BCUT2D eigenvalue weighted by atomic mass is 79.9. The van der Waals surface area contributed by atoms with Gasteiger partial charge in [-0.05, 0) is 42.5 Å². The van der Waals surface area contributed by atoms with Gasteiger partial charge in [-0.25, -0.2) is 5.01 Å². The summed E-state index contributed by atoms with van der Waals surface area (Å²) in [4.78, 5) is 35.5. The minimum atomic E-state index is -0.242. The maximum atomic E-state index is 12.2. The Bertz CT molecular complexity index is 854. The van der Waals surface area contributed by atoms with Crippen LogP contribution in [0.15, 0.2) is 53.0 Å². The van der Waals surface area contributed by atoms with Crippen molar-refractivity contribution in [3.05, 3.63) is 58.6 Å². The average Bonchev–Trinajstić information content (AvgIpc) is 2.67. The number of benzene rings is 2. The molecule has 2 aromatic rings. The van der Waals surface area contributed by atoms with Crippen LogP contribution in [0.1, 0.15) is 23.2 Å². The molecular weight excluding hydrogens is 414 g/mol. The van der Waals surface area contributed by atoms with Crippen LogP contribution >= 0.6 is 15.9 Å². The monoisotopic (exact) mass is 431 g/mol. The number of hydrogen-bond acceptors (Lipinski definition) is 4. The van der Waals surface area contributed by atoms with E-state index in [9.17, 15) is 14.4 Å². The minimum absolute atomic E-state index is 0.173. The largest absolute Gasteiger partial charge is 0.492 e. The van der Waals surface area contributed by atoms with Crippen molar-refractivity contribution >= 4 is 39.3 Å². The fourth-order valence-electron chi connectivity index (χ4n) is 2.54. The Balaban J connectivity index is 1.50. The quantitative estimate of drug-likeness (QED) is 0.687. The molecule has 3 amide bonds. The van der Waals surface area contributed by atoms with Crippen molar-refractivity contribution in [1.82, 2.24) is 10.7 Å². The molecule has 0 bridgehead atoms. The van der Waals surface area contributed by atoms with Crippen molar-refractivity contribution in [1.29, 1.82) is 0 Å². The third-order valence-electron chi connectivity index (χ3n) is 3.89. The van der Waals surface area contributed by atoms with E-state index in [1.54, 1.807) is 24.3 Å². The summed E-state index contributed by atoms with van der Waals surface area (Å²) in [6.45, 7) is 0.697. The number of rotatable bonds is 6. The Hall–Kier alpha value is -2.87. The summed E-state index contributed by atoms with van der Waals surface area (Å²) in [7, 11) is 0. The molecule has 0 aliphatic carbocycles. The Kier molecular flexibility index (Phi) is 6.08. The zero-order valence-electron chi connectivity index (χ0n) is 14.4. The van der Waals surface area contributed by atoms with E-state index in [0.717, 1.165) is 10.2 Å². The summed E-state index contributed by atoms with van der Waals surface area (Å²) in [5, 5.41) is 3.98. The molecule has 2 N–H and O–H groups in total. The SMILES string of the molecule is O=C1CCC(=O)N(c2ccc(C(=O)NCCOc3cccc(Br)c3)cc2)N1. The molecule has 1 heterocycles. The van der Waals surface area contributed by atoms with E-state index in [-0.39, 0.29) is 30.6 Å². The van der Waals surface area contributed by atoms with Crippen LogP contribution in [0.5, 0.6) is 5.75 Å². The molecular formula is C19H18BrN3O4. The first-order chi connectivity index (χ1) is 13.0. The van der Waals surface area contributed by atoms with Crippen LogP contribution in [0, 0.1) is 0 Å². The fraction of sp³-hybridized carbons (Fsp3) is 0.211. The van der Waals surface area contributed by atoms with E-state index >= 15 is 0 Å². The molecule has 1 fully saturated rings. The van der Waals surface area contributed by atoms with Crippen LogP contribution in [0.4, 0.5) is 5.69 Å². The van der Waals surface area contributed by atoms with Gasteiger partial charge < -0.3 is 10.1 Å². The summed E-state index contributed by atoms with van der Waals surface area (Å²) in [5.74, 6) is 0.0861. The molecule has 140 valence electrons. The molecule has 0 atom stereocenters. The predicted molar refractivity (Wildman–Crippen MR) is 103 cm³/mol. The second-order valence-corrected chi connectivity index (χ2v) is 6.79. The second kappa shape index (κ2) is 8.68. The van der Waals surface area contributed by atoms with Crippen LogP contribution < -0.4 is 20.5 Å². The van der Waals surface area contributed by atoms with E-state index in [2.05, 4.69) is 26.7 Å². The number of anilines is 1. The molecule has 0 radical (unpaired) electrons. The smallest absolute Gasteiger partial charge is 0.251 e. The van der Waals surface area contributed by atoms with E-state index in [1.165, 1.54) is 5.01 Å². The number of amides is 3. The molecule has 0 aromatic heterocycles. The number of halogens is 1. The standard InChI is InChI=1S/C19H18BrN3O4/c20-14-2-1-3-16(12-14)27-11-10-21-19(26)13-4-6-15(7-5-13)23-18(25)9-8-17(24)22-23/h1-7,12H,8-11H2,(H,21,26)(H,22,24). The van der Waals surface area contributed by atoms with Crippen molar-refractivity contribution < 1.29 is 19.1 Å². The van der Waals surface area contributed by atoms with Crippen molar-refractivity contribution in [2.24, 2.45) is 0 Å². The third kappa shape index (κ3) is 5.07. The van der Waals surface area contributed by atoms with Crippen LogP contribution in [-0.4, -0.2) is 30.9 Å².